The Bertz CT molecular complexity index is 1210. The van der Waals surface area contributed by atoms with Gasteiger partial charge in [-0.2, -0.15) is 8.61 Å². The first-order chi connectivity index (χ1) is 13.1. The first-order valence-corrected chi connectivity index (χ1v) is 11.1. The summed E-state index contributed by atoms with van der Waals surface area (Å²) in [6.07, 6.45) is 3.67. The van der Waals surface area contributed by atoms with Gasteiger partial charge in [-0.25, -0.2) is 21.6 Å². The van der Waals surface area contributed by atoms with Crippen molar-refractivity contribution < 1.29 is 16.8 Å². The summed E-state index contributed by atoms with van der Waals surface area (Å²) in [6, 6.07) is 2.92. The number of hydrogen-bond acceptors (Lipinski definition) is 7. The summed E-state index contributed by atoms with van der Waals surface area (Å²) in [5, 5.41) is 0. The van der Waals surface area contributed by atoms with Crippen molar-refractivity contribution in [2.24, 2.45) is 14.1 Å². The second kappa shape index (κ2) is 7.24. The van der Waals surface area contributed by atoms with E-state index >= 15 is 0 Å². The maximum Gasteiger partial charge on any atom is 0.330 e. The van der Waals surface area contributed by atoms with Gasteiger partial charge in [0.05, 0.1) is 0 Å². The second-order valence-corrected chi connectivity index (χ2v) is 10.1. The zero-order valence-corrected chi connectivity index (χ0v) is 16.9. The Morgan fingerprint density at radius 3 is 2.04 bits per heavy atom. The van der Waals surface area contributed by atoms with Gasteiger partial charge in [0.15, 0.2) is 4.90 Å². The Labute approximate surface area is 161 Å². The molecule has 0 N–H and O–H groups in total. The molecule has 2 aromatic rings. The molecule has 0 bridgehead atoms. The lowest BCUT2D eigenvalue weighted by Crippen LogP contribution is -2.51. The molecule has 152 valence electrons. The number of aromatic nitrogens is 3. The highest BCUT2D eigenvalue weighted by molar-refractivity contribution is 7.89. The minimum atomic E-state index is -4.18. The Balaban J connectivity index is 1.86. The third-order valence-electron chi connectivity index (χ3n) is 4.50. The second-order valence-electron chi connectivity index (χ2n) is 6.25. The SMILES string of the molecule is Cn1cc(S(=O)(=O)N2CCN(S(=O)(=O)c3cccnc3)CC2)c(=O)n(C)c1=O. The molecule has 0 spiro atoms. The summed E-state index contributed by atoms with van der Waals surface area (Å²) in [5.41, 5.74) is -1.56. The third-order valence-corrected chi connectivity index (χ3v) is 8.27. The molecular formula is C15H19N5O6S2. The molecule has 0 aliphatic carbocycles. The number of hydrogen-bond donors (Lipinski definition) is 0. The molecule has 0 unspecified atom stereocenters. The molecule has 11 nitrogen and oxygen atoms in total. The van der Waals surface area contributed by atoms with Gasteiger partial charge in [-0.15, -0.1) is 0 Å². The molecule has 3 rings (SSSR count). The summed E-state index contributed by atoms with van der Waals surface area (Å²) >= 11 is 0. The topological polar surface area (TPSA) is 132 Å². The molecule has 28 heavy (non-hydrogen) atoms. The smallest absolute Gasteiger partial charge is 0.302 e. The van der Waals surface area contributed by atoms with Crippen LogP contribution in [-0.4, -0.2) is 65.7 Å². The summed E-state index contributed by atoms with van der Waals surface area (Å²) < 4.78 is 54.9. The van der Waals surface area contributed by atoms with Crippen LogP contribution < -0.4 is 11.2 Å². The van der Waals surface area contributed by atoms with E-state index in [1.165, 1.54) is 42.9 Å². The number of aryl methyl sites for hydroxylation is 1. The first-order valence-electron chi connectivity index (χ1n) is 8.24. The van der Waals surface area contributed by atoms with Crippen LogP contribution in [0.4, 0.5) is 0 Å². The van der Waals surface area contributed by atoms with Gasteiger partial charge in [-0.1, -0.05) is 0 Å². The fourth-order valence-corrected chi connectivity index (χ4v) is 5.85. The van der Waals surface area contributed by atoms with E-state index in [1.807, 2.05) is 0 Å². The van der Waals surface area contributed by atoms with Gasteiger partial charge in [-0.3, -0.25) is 14.3 Å². The standard InChI is InChI=1S/C15H19N5O6S2/c1-17-11-13(14(21)18(2)15(17)22)28(25,26)20-8-6-19(7-9-20)27(23,24)12-4-3-5-16-10-12/h3-5,10-11H,6-9H2,1-2H3. The lowest BCUT2D eigenvalue weighted by atomic mass is 10.4. The van der Waals surface area contributed by atoms with Gasteiger partial charge in [0.1, 0.15) is 4.90 Å². The van der Waals surface area contributed by atoms with E-state index < -0.39 is 36.2 Å². The maximum atomic E-state index is 12.9. The quantitative estimate of drug-likeness (QED) is 0.559. The van der Waals surface area contributed by atoms with Crippen molar-refractivity contribution in [1.82, 2.24) is 22.7 Å². The zero-order valence-electron chi connectivity index (χ0n) is 15.2. The third kappa shape index (κ3) is 3.41. The lowest BCUT2D eigenvalue weighted by molar-refractivity contribution is 0.272. The van der Waals surface area contributed by atoms with Gasteiger partial charge >= 0.3 is 5.69 Å². The largest absolute Gasteiger partial charge is 0.330 e. The Kier molecular flexibility index (Phi) is 5.27. The maximum absolute atomic E-state index is 12.9. The molecule has 0 aromatic carbocycles. The first kappa shape index (κ1) is 20.4. The number of rotatable bonds is 4. The highest BCUT2D eigenvalue weighted by atomic mass is 32.2. The molecular weight excluding hydrogens is 410 g/mol. The van der Waals surface area contributed by atoms with Crippen LogP contribution in [0.1, 0.15) is 0 Å². The highest BCUT2D eigenvalue weighted by Crippen LogP contribution is 2.19. The predicted molar refractivity (Wildman–Crippen MR) is 98.7 cm³/mol. The van der Waals surface area contributed by atoms with Crippen molar-refractivity contribution >= 4 is 20.0 Å². The number of sulfonamides is 2. The van der Waals surface area contributed by atoms with Crippen LogP contribution in [-0.2, 0) is 34.1 Å². The minimum absolute atomic E-state index is 0.0261. The van der Waals surface area contributed by atoms with Gasteiger partial charge in [0.2, 0.25) is 20.0 Å². The van der Waals surface area contributed by atoms with Gasteiger partial charge < -0.3 is 4.57 Å². The van der Waals surface area contributed by atoms with Gasteiger partial charge in [-0.05, 0) is 12.1 Å². The van der Waals surface area contributed by atoms with Crippen LogP contribution in [0, 0.1) is 0 Å². The van der Waals surface area contributed by atoms with Crippen molar-refractivity contribution in [2.75, 3.05) is 26.2 Å². The van der Waals surface area contributed by atoms with E-state index in [2.05, 4.69) is 4.98 Å². The molecule has 0 atom stereocenters. The van der Waals surface area contributed by atoms with E-state index in [0.717, 1.165) is 19.6 Å². The van der Waals surface area contributed by atoms with Crippen LogP contribution in [0.25, 0.3) is 0 Å². The molecule has 1 aliphatic heterocycles. The van der Waals surface area contributed by atoms with Crippen molar-refractivity contribution in [3.05, 3.63) is 51.6 Å². The van der Waals surface area contributed by atoms with Crippen molar-refractivity contribution in [3.63, 3.8) is 0 Å². The van der Waals surface area contributed by atoms with E-state index in [4.69, 9.17) is 0 Å². The number of pyridine rings is 1. The van der Waals surface area contributed by atoms with Crippen molar-refractivity contribution in [2.45, 2.75) is 9.79 Å². The molecule has 1 fully saturated rings. The van der Waals surface area contributed by atoms with E-state index in [9.17, 15) is 26.4 Å². The number of piperazine rings is 1. The van der Waals surface area contributed by atoms with Crippen molar-refractivity contribution in [3.8, 4) is 0 Å². The monoisotopic (exact) mass is 429 g/mol. The van der Waals surface area contributed by atoms with E-state index in [0.29, 0.717) is 0 Å². The summed E-state index contributed by atoms with van der Waals surface area (Å²) in [4.78, 5) is 27.3. The van der Waals surface area contributed by atoms with Crippen LogP contribution in [0.15, 0.2) is 50.1 Å². The molecule has 13 heteroatoms. The summed E-state index contributed by atoms with van der Waals surface area (Å²) in [7, 11) is -5.42. The summed E-state index contributed by atoms with van der Waals surface area (Å²) in [5.74, 6) is 0. The average Bonchev–Trinajstić information content (AvgIpc) is 2.69. The summed E-state index contributed by atoms with van der Waals surface area (Å²) in [6.45, 7) is -0.368. The Morgan fingerprint density at radius 1 is 0.929 bits per heavy atom. The van der Waals surface area contributed by atoms with Crippen LogP contribution in [0.5, 0.6) is 0 Å². The predicted octanol–water partition coefficient (Wildman–Crippen LogP) is -1.83. The normalized spacial score (nSPS) is 16.9. The fourth-order valence-electron chi connectivity index (χ4n) is 2.89. The van der Waals surface area contributed by atoms with Gasteiger partial charge in [0, 0.05) is 58.9 Å². The molecule has 1 saturated heterocycles. The molecule has 0 saturated carbocycles. The minimum Gasteiger partial charge on any atom is -0.302 e. The Hall–Kier alpha value is -2.35. The molecule has 3 heterocycles. The average molecular weight is 429 g/mol. The molecule has 2 aromatic heterocycles. The molecule has 0 amide bonds. The van der Waals surface area contributed by atoms with Crippen LogP contribution in [0.2, 0.25) is 0 Å². The molecule has 1 aliphatic rings. The molecule has 0 radical (unpaired) electrons. The fraction of sp³-hybridized carbons (Fsp3) is 0.400. The van der Waals surface area contributed by atoms with Gasteiger partial charge in [0.25, 0.3) is 5.56 Å². The van der Waals surface area contributed by atoms with Crippen LogP contribution in [0.3, 0.4) is 0 Å². The lowest BCUT2D eigenvalue weighted by Gasteiger charge is -2.33. The van der Waals surface area contributed by atoms with Crippen molar-refractivity contribution in [1.29, 1.82) is 0 Å². The highest BCUT2D eigenvalue weighted by Gasteiger charge is 2.35. The van der Waals surface area contributed by atoms with E-state index in [-0.39, 0.29) is 31.1 Å². The number of nitrogens with zero attached hydrogens (tertiary/aromatic N) is 5. The zero-order chi connectivity index (χ0) is 20.7. The Morgan fingerprint density at radius 2 is 1.50 bits per heavy atom. The van der Waals surface area contributed by atoms with Crippen LogP contribution >= 0.6 is 0 Å². The van der Waals surface area contributed by atoms with E-state index in [1.54, 1.807) is 0 Å².